The Labute approximate surface area is 146 Å². The van der Waals surface area contributed by atoms with Crippen LogP contribution in [0.4, 0.5) is 5.13 Å². The van der Waals surface area contributed by atoms with E-state index >= 15 is 0 Å². The molecule has 0 saturated carbocycles. The summed E-state index contributed by atoms with van der Waals surface area (Å²) in [5.41, 5.74) is 0.809. The summed E-state index contributed by atoms with van der Waals surface area (Å²) in [7, 11) is 1.63. The Morgan fingerprint density at radius 1 is 1.43 bits per heavy atom. The maximum atomic E-state index is 12.1. The summed E-state index contributed by atoms with van der Waals surface area (Å²) in [6.45, 7) is 2.15. The molecule has 2 aromatic rings. The normalized spacial score (nSPS) is 15.2. The first-order valence-corrected chi connectivity index (χ1v) is 8.52. The second-order valence-electron chi connectivity index (χ2n) is 5.61. The van der Waals surface area contributed by atoms with Gasteiger partial charge in [0.2, 0.25) is 5.91 Å². The van der Waals surface area contributed by atoms with Gasteiger partial charge in [0.25, 0.3) is 0 Å². The van der Waals surface area contributed by atoms with Gasteiger partial charge in [-0.2, -0.15) is 0 Å². The number of para-hydroxylation sites is 1. The number of ether oxygens (including phenoxy) is 1. The van der Waals surface area contributed by atoms with Crippen molar-refractivity contribution in [3.8, 4) is 5.75 Å². The number of methoxy groups -OCH3 is 1. The quantitative estimate of drug-likeness (QED) is 0.862. The number of nitrogens with zero attached hydrogens (tertiary/aromatic N) is 1. The third kappa shape index (κ3) is 4.56. The molecule has 0 bridgehead atoms. The van der Waals surface area contributed by atoms with Gasteiger partial charge in [-0.3, -0.25) is 4.79 Å². The van der Waals surface area contributed by atoms with E-state index in [0.717, 1.165) is 35.5 Å². The van der Waals surface area contributed by atoms with Gasteiger partial charge in [0, 0.05) is 6.42 Å². The minimum absolute atomic E-state index is 0. The molecule has 7 heteroatoms. The molecule has 1 saturated heterocycles. The lowest BCUT2D eigenvalue weighted by molar-refractivity contribution is -0.116. The van der Waals surface area contributed by atoms with Gasteiger partial charge >= 0.3 is 0 Å². The Kier molecular flexibility index (Phi) is 6.62. The van der Waals surface area contributed by atoms with E-state index < -0.39 is 0 Å². The Morgan fingerprint density at radius 2 is 2.22 bits per heavy atom. The third-order valence-electron chi connectivity index (χ3n) is 4.09. The van der Waals surface area contributed by atoms with Crippen LogP contribution < -0.4 is 15.4 Å². The highest BCUT2D eigenvalue weighted by Gasteiger charge is 2.15. The van der Waals surface area contributed by atoms with Crippen LogP contribution in [0.2, 0.25) is 0 Å². The van der Waals surface area contributed by atoms with E-state index in [-0.39, 0.29) is 18.3 Å². The SMILES string of the molecule is COc1cccc2sc(NC(=O)CCC3CCNCC3)nc12.Cl. The number of piperidine rings is 1. The largest absolute Gasteiger partial charge is 0.494 e. The van der Waals surface area contributed by atoms with Crippen molar-refractivity contribution in [1.29, 1.82) is 0 Å². The molecule has 1 fully saturated rings. The summed E-state index contributed by atoms with van der Waals surface area (Å²) >= 11 is 1.48. The Bertz CT molecular complexity index is 656. The first kappa shape index (κ1) is 18.0. The molecule has 5 nitrogen and oxygen atoms in total. The number of thiazole rings is 1. The zero-order valence-corrected chi connectivity index (χ0v) is 14.8. The number of hydrogen-bond acceptors (Lipinski definition) is 5. The molecular weight excluding hydrogens is 334 g/mol. The van der Waals surface area contributed by atoms with E-state index in [4.69, 9.17) is 4.74 Å². The van der Waals surface area contributed by atoms with Gasteiger partial charge in [0.15, 0.2) is 5.13 Å². The lowest BCUT2D eigenvalue weighted by Gasteiger charge is -2.21. The van der Waals surface area contributed by atoms with Crippen LogP contribution in [0, 0.1) is 5.92 Å². The second-order valence-corrected chi connectivity index (χ2v) is 6.64. The molecule has 2 heterocycles. The summed E-state index contributed by atoms with van der Waals surface area (Å²) in [6.07, 6.45) is 3.87. The molecule has 1 amide bonds. The summed E-state index contributed by atoms with van der Waals surface area (Å²) < 4.78 is 6.32. The van der Waals surface area contributed by atoms with Crippen LogP contribution in [-0.4, -0.2) is 31.1 Å². The average Bonchev–Trinajstić information content (AvgIpc) is 2.96. The molecule has 23 heavy (non-hydrogen) atoms. The van der Waals surface area contributed by atoms with Crippen LogP contribution in [0.5, 0.6) is 5.75 Å². The standard InChI is InChI=1S/C16H21N3O2S.ClH/c1-21-12-3-2-4-13-15(12)19-16(22-13)18-14(20)6-5-11-7-9-17-10-8-11;/h2-4,11,17H,5-10H2,1H3,(H,18,19,20);1H. The number of fused-ring (bicyclic) bond motifs is 1. The predicted octanol–water partition coefficient (Wildman–Crippen LogP) is 3.45. The molecule has 0 aliphatic carbocycles. The monoisotopic (exact) mass is 355 g/mol. The fraction of sp³-hybridized carbons (Fsp3) is 0.500. The van der Waals surface area contributed by atoms with E-state index in [9.17, 15) is 4.79 Å². The number of benzene rings is 1. The highest BCUT2D eigenvalue weighted by Crippen LogP contribution is 2.32. The molecule has 2 N–H and O–H groups in total. The zero-order valence-electron chi connectivity index (χ0n) is 13.1. The minimum atomic E-state index is 0. The van der Waals surface area contributed by atoms with E-state index in [2.05, 4.69) is 15.6 Å². The van der Waals surface area contributed by atoms with Crippen molar-refractivity contribution in [3.05, 3.63) is 18.2 Å². The molecule has 1 aromatic carbocycles. The number of carbonyl (C=O) groups excluding carboxylic acids is 1. The molecule has 3 rings (SSSR count). The molecule has 0 unspecified atom stereocenters. The van der Waals surface area contributed by atoms with Crippen molar-refractivity contribution in [1.82, 2.24) is 10.3 Å². The number of halogens is 1. The average molecular weight is 356 g/mol. The van der Waals surface area contributed by atoms with E-state index in [0.29, 0.717) is 17.5 Å². The second kappa shape index (κ2) is 8.47. The van der Waals surface area contributed by atoms with Gasteiger partial charge in [0.05, 0.1) is 11.8 Å². The maximum absolute atomic E-state index is 12.1. The fourth-order valence-electron chi connectivity index (χ4n) is 2.83. The highest BCUT2D eigenvalue weighted by atomic mass is 35.5. The van der Waals surface area contributed by atoms with Gasteiger partial charge < -0.3 is 15.4 Å². The van der Waals surface area contributed by atoms with Gasteiger partial charge in [-0.05, 0) is 50.4 Å². The Hall–Kier alpha value is -1.37. The van der Waals surface area contributed by atoms with E-state index in [1.807, 2.05) is 18.2 Å². The van der Waals surface area contributed by atoms with Gasteiger partial charge in [-0.25, -0.2) is 4.98 Å². The van der Waals surface area contributed by atoms with Crippen LogP contribution in [-0.2, 0) is 4.79 Å². The summed E-state index contributed by atoms with van der Waals surface area (Å²) in [5.74, 6) is 1.46. The van der Waals surface area contributed by atoms with Crippen molar-refractivity contribution < 1.29 is 9.53 Å². The molecule has 126 valence electrons. The number of aromatic nitrogens is 1. The van der Waals surface area contributed by atoms with Crippen LogP contribution in [0.15, 0.2) is 18.2 Å². The zero-order chi connectivity index (χ0) is 15.4. The summed E-state index contributed by atoms with van der Waals surface area (Å²) in [6, 6.07) is 5.80. The highest BCUT2D eigenvalue weighted by molar-refractivity contribution is 7.22. The molecule has 0 radical (unpaired) electrons. The number of carbonyl (C=O) groups is 1. The topological polar surface area (TPSA) is 63.2 Å². The third-order valence-corrected chi connectivity index (χ3v) is 5.02. The molecule has 1 aliphatic heterocycles. The summed E-state index contributed by atoms with van der Waals surface area (Å²) in [4.78, 5) is 16.6. The van der Waals surface area contributed by atoms with Gasteiger partial charge in [-0.15, -0.1) is 12.4 Å². The van der Waals surface area contributed by atoms with Crippen LogP contribution in [0.25, 0.3) is 10.2 Å². The smallest absolute Gasteiger partial charge is 0.226 e. The van der Waals surface area contributed by atoms with Gasteiger partial charge in [0.1, 0.15) is 11.3 Å². The molecule has 1 aromatic heterocycles. The molecule has 0 spiro atoms. The Morgan fingerprint density at radius 3 is 2.96 bits per heavy atom. The van der Waals surface area contributed by atoms with E-state index in [1.54, 1.807) is 7.11 Å². The number of amides is 1. The minimum Gasteiger partial charge on any atom is -0.494 e. The molecular formula is C16H22ClN3O2S. The van der Waals surface area contributed by atoms with Crippen LogP contribution in [0.3, 0.4) is 0 Å². The lowest BCUT2D eigenvalue weighted by atomic mass is 9.93. The van der Waals surface area contributed by atoms with Crippen molar-refractivity contribution in [3.63, 3.8) is 0 Å². The first-order chi connectivity index (χ1) is 10.8. The lowest BCUT2D eigenvalue weighted by Crippen LogP contribution is -2.28. The van der Waals surface area contributed by atoms with Gasteiger partial charge in [-0.1, -0.05) is 17.4 Å². The van der Waals surface area contributed by atoms with Crippen molar-refractivity contribution >= 4 is 45.0 Å². The fourth-order valence-corrected chi connectivity index (χ4v) is 3.73. The number of nitrogens with one attached hydrogen (secondary N) is 2. The molecule has 1 aliphatic rings. The first-order valence-electron chi connectivity index (χ1n) is 7.70. The van der Waals surface area contributed by atoms with E-state index in [1.165, 1.54) is 24.2 Å². The number of rotatable bonds is 5. The summed E-state index contributed by atoms with van der Waals surface area (Å²) in [5, 5.41) is 6.91. The van der Waals surface area contributed by atoms with Crippen LogP contribution >= 0.6 is 23.7 Å². The Balaban J connectivity index is 0.00000192. The van der Waals surface area contributed by atoms with Crippen LogP contribution in [0.1, 0.15) is 25.7 Å². The van der Waals surface area contributed by atoms with Crippen molar-refractivity contribution in [2.24, 2.45) is 5.92 Å². The predicted molar refractivity (Wildman–Crippen MR) is 96.9 cm³/mol. The maximum Gasteiger partial charge on any atom is 0.226 e. The van der Waals surface area contributed by atoms with Crippen molar-refractivity contribution in [2.75, 3.05) is 25.5 Å². The molecule has 0 atom stereocenters. The van der Waals surface area contributed by atoms with Crippen molar-refractivity contribution in [2.45, 2.75) is 25.7 Å². The number of anilines is 1. The number of hydrogen-bond donors (Lipinski definition) is 2.